The van der Waals surface area contributed by atoms with E-state index in [0.717, 1.165) is 12.2 Å². The molecule has 0 saturated carbocycles. The fourth-order valence-electron chi connectivity index (χ4n) is 0.274. The van der Waals surface area contributed by atoms with Gasteiger partial charge in [-0.05, 0) is 18.5 Å². The molecular weight excluding hydrogens is 111 g/mol. The van der Waals surface area contributed by atoms with Crippen LogP contribution < -0.4 is 0 Å². The van der Waals surface area contributed by atoms with Crippen molar-refractivity contribution in [3.8, 4) is 0 Å². The minimum Gasteiger partial charge on any atom is -0.427 e. The summed E-state index contributed by atoms with van der Waals surface area (Å²) in [7, 11) is -1.15. The molecule has 0 aromatic carbocycles. The van der Waals surface area contributed by atoms with Crippen LogP contribution in [0.3, 0.4) is 0 Å². The van der Waals surface area contributed by atoms with E-state index in [1.54, 1.807) is 0 Å². The molecule has 0 aliphatic heterocycles. The number of thiol groups is 1. The predicted molar refractivity (Wildman–Crippen MR) is 33.5 cm³/mol. The van der Waals surface area contributed by atoms with Crippen molar-refractivity contribution in [1.29, 1.82) is 0 Å². The number of hydrogen-bond acceptors (Lipinski definition) is 3. The maximum atomic E-state index is 8.21. The van der Waals surface area contributed by atoms with Crippen LogP contribution in [-0.2, 0) is 0 Å². The van der Waals surface area contributed by atoms with Gasteiger partial charge in [0.2, 0.25) is 0 Å². The molecule has 0 atom stereocenters. The first-order valence-electron chi connectivity index (χ1n) is 2.24. The van der Waals surface area contributed by atoms with Crippen molar-refractivity contribution in [2.75, 3.05) is 5.75 Å². The maximum Gasteiger partial charge on any atom is 0.451 e. The summed E-state index contributed by atoms with van der Waals surface area (Å²) in [6, 6.07) is 0. The van der Waals surface area contributed by atoms with Gasteiger partial charge in [-0.25, -0.2) is 0 Å². The van der Waals surface area contributed by atoms with E-state index in [1.807, 2.05) is 0 Å². The normalized spacial score (nSPS) is 9.00. The SMILES string of the molecule is OB(O)CCCS. The lowest BCUT2D eigenvalue weighted by molar-refractivity contribution is 0.405. The fourth-order valence-corrected chi connectivity index (χ4v) is 0.456. The van der Waals surface area contributed by atoms with Gasteiger partial charge in [0.15, 0.2) is 0 Å². The van der Waals surface area contributed by atoms with E-state index in [4.69, 9.17) is 10.0 Å². The Labute approximate surface area is 49.1 Å². The monoisotopic (exact) mass is 120 g/mol. The molecule has 0 spiro atoms. The van der Waals surface area contributed by atoms with E-state index in [2.05, 4.69) is 12.6 Å². The molecule has 0 amide bonds. The number of rotatable bonds is 3. The third-order valence-corrected chi connectivity index (χ3v) is 0.937. The van der Waals surface area contributed by atoms with Crippen molar-refractivity contribution in [3.05, 3.63) is 0 Å². The van der Waals surface area contributed by atoms with Crippen LogP contribution in [0.4, 0.5) is 0 Å². The summed E-state index contributed by atoms with van der Waals surface area (Å²) < 4.78 is 0. The Kier molecular flexibility index (Phi) is 4.71. The molecule has 0 heterocycles. The Morgan fingerprint density at radius 2 is 2.00 bits per heavy atom. The highest BCUT2D eigenvalue weighted by Gasteiger charge is 2.02. The average molecular weight is 120 g/mol. The topological polar surface area (TPSA) is 40.5 Å². The van der Waals surface area contributed by atoms with Crippen LogP contribution in [-0.4, -0.2) is 22.9 Å². The van der Waals surface area contributed by atoms with Crippen LogP contribution in [0.5, 0.6) is 0 Å². The largest absolute Gasteiger partial charge is 0.451 e. The summed E-state index contributed by atoms with van der Waals surface area (Å²) in [5.74, 6) is 0.720. The van der Waals surface area contributed by atoms with Crippen molar-refractivity contribution in [2.45, 2.75) is 12.7 Å². The fraction of sp³-hybridized carbons (Fsp3) is 1.00. The highest BCUT2D eigenvalue weighted by atomic mass is 32.1. The highest BCUT2D eigenvalue weighted by molar-refractivity contribution is 7.80. The first-order valence-corrected chi connectivity index (χ1v) is 2.87. The van der Waals surface area contributed by atoms with Crippen molar-refractivity contribution < 1.29 is 10.0 Å². The quantitative estimate of drug-likeness (QED) is 0.356. The van der Waals surface area contributed by atoms with Gasteiger partial charge in [0.1, 0.15) is 0 Å². The zero-order chi connectivity index (χ0) is 5.70. The first kappa shape index (κ1) is 7.33. The summed E-state index contributed by atoms with van der Waals surface area (Å²) in [5.41, 5.74) is 0. The molecule has 0 unspecified atom stereocenters. The standard InChI is InChI=1S/C3H9BO2S/c5-4(6)2-1-3-7/h5-7H,1-3H2. The molecular formula is C3H9BO2S. The Balaban J connectivity index is 2.68. The Morgan fingerprint density at radius 1 is 1.43 bits per heavy atom. The molecule has 2 N–H and O–H groups in total. The zero-order valence-corrected chi connectivity index (χ0v) is 4.93. The first-order chi connectivity index (χ1) is 3.27. The molecule has 0 aliphatic rings. The minimum atomic E-state index is -1.15. The molecule has 0 radical (unpaired) electrons. The Bertz CT molecular complexity index is 41.9. The van der Waals surface area contributed by atoms with Crippen molar-refractivity contribution in [3.63, 3.8) is 0 Å². The third-order valence-electron chi connectivity index (χ3n) is 0.620. The van der Waals surface area contributed by atoms with Gasteiger partial charge < -0.3 is 10.0 Å². The average Bonchev–Trinajstić information content (AvgIpc) is 1.61. The van der Waals surface area contributed by atoms with Gasteiger partial charge in [0.05, 0.1) is 0 Å². The van der Waals surface area contributed by atoms with Crippen molar-refractivity contribution in [2.24, 2.45) is 0 Å². The predicted octanol–water partition coefficient (Wildman–Crippen LogP) is -0.221. The highest BCUT2D eigenvalue weighted by Crippen LogP contribution is 1.92. The summed E-state index contributed by atoms with van der Waals surface area (Å²) in [6.07, 6.45) is 1.20. The Hall–Kier alpha value is 0.335. The van der Waals surface area contributed by atoms with Crippen LogP contribution in [0.25, 0.3) is 0 Å². The minimum absolute atomic E-state index is 0.434. The molecule has 0 aliphatic carbocycles. The van der Waals surface area contributed by atoms with E-state index in [-0.39, 0.29) is 0 Å². The molecule has 2 nitrogen and oxygen atoms in total. The van der Waals surface area contributed by atoms with Crippen LogP contribution in [0.1, 0.15) is 6.42 Å². The van der Waals surface area contributed by atoms with Crippen LogP contribution in [0.2, 0.25) is 6.32 Å². The lowest BCUT2D eigenvalue weighted by Gasteiger charge is -1.91. The van der Waals surface area contributed by atoms with Crippen LogP contribution in [0, 0.1) is 0 Å². The smallest absolute Gasteiger partial charge is 0.427 e. The Morgan fingerprint density at radius 3 is 2.14 bits per heavy atom. The molecule has 0 aromatic rings. The molecule has 0 bridgehead atoms. The van der Waals surface area contributed by atoms with E-state index >= 15 is 0 Å². The second-order valence-electron chi connectivity index (χ2n) is 1.35. The van der Waals surface area contributed by atoms with Gasteiger partial charge in [-0.15, -0.1) is 0 Å². The zero-order valence-electron chi connectivity index (χ0n) is 4.04. The van der Waals surface area contributed by atoms with E-state index in [9.17, 15) is 0 Å². The lowest BCUT2D eigenvalue weighted by atomic mass is 9.85. The molecule has 0 aromatic heterocycles. The second kappa shape index (κ2) is 4.49. The molecule has 4 heteroatoms. The summed E-state index contributed by atoms with van der Waals surface area (Å²) >= 11 is 3.87. The van der Waals surface area contributed by atoms with Gasteiger partial charge in [-0.1, -0.05) is 0 Å². The lowest BCUT2D eigenvalue weighted by Crippen LogP contribution is -2.09. The van der Waals surface area contributed by atoms with Gasteiger partial charge in [0.25, 0.3) is 0 Å². The summed E-state index contributed by atoms with van der Waals surface area (Å²) in [5, 5.41) is 16.4. The molecule has 7 heavy (non-hydrogen) atoms. The van der Waals surface area contributed by atoms with Gasteiger partial charge in [-0.2, -0.15) is 12.6 Å². The van der Waals surface area contributed by atoms with Gasteiger partial charge in [-0.3, -0.25) is 0 Å². The second-order valence-corrected chi connectivity index (χ2v) is 1.79. The van der Waals surface area contributed by atoms with Crippen LogP contribution >= 0.6 is 12.6 Å². The molecule has 42 valence electrons. The number of hydrogen-bond donors (Lipinski definition) is 3. The van der Waals surface area contributed by atoms with Gasteiger partial charge >= 0.3 is 7.12 Å². The van der Waals surface area contributed by atoms with E-state index < -0.39 is 7.12 Å². The molecule has 0 rings (SSSR count). The van der Waals surface area contributed by atoms with Crippen LogP contribution in [0.15, 0.2) is 0 Å². The summed E-state index contributed by atoms with van der Waals surface area (Å²) in [4.78, 5) is 0. The third kappa shape index (κ3) is 6.33. The molecule has 0 fully saturated rings. The maximum absolute atomic E-state index is 8.21. The van der Waals surface area contributed by atoms with Crippen molar-refractivity contribution in [1.82, 2.24) is 0 Å². The van der Waals surface area contributed by atoms with E-state index in [1.165, 1.54) is 0 Å². The molecule has 0 saturated heterocycles. The van der Waals surface area contributed by atoms with Crippen molar-refractivity contribution >= 4 is 19.7 Å². The van der Waals surface area contributed by atoms with E-state index in [0.29, 0.717) is 6.32 Å². The van der Waals surface area contributed by atoms with Gasteiger partial charge in [0, 0.05) is 0 Å². The summed E-state index contributed by atoms with van der Waals surface area (Å²) in [6.45, 7) is 0.